The zero-order valence-corrected chi connectivity index (χ0v) is 15.4. The van der Waals surface area contributed by atoms with Crippen molar-refractivity contribution in [1.29, 1.82) is 0 Å². The molecule has 120 valence electrons. The predicted octanol–water partition coefficient (Wildman–Crippen LogP) is 3.59. The number of para-hydroxylation sites is 1. The van der Waals surface area contributed by atoms with Crippen LogP contribution in [0.25, 0.3) is 0 Å². The number of carbonyl (C=O) groups excluding carboxylic acids is 2. The molecule has 0 aliphatic rings. The molecule has 0 aliphatic heterocycles. The molecule has 23 heavy (non-hydrogen) atoms. The van der Waals surface area contributed by atoms with Crippen LogP contribution in [-0.4, -0.2) is 25.5 Å². The molecule has 0 unspecified atom stereocenters. The fourth-order valence-electron chi connectivity index (χ4n) is 1.85. The highest BCUT2D eigenvalue weighted by Crippen LogP contribution is 2.28. The van der Waals surface area contributed by atoms with Crippen LogP contribution in [0.3, 0.4) is 0 Å². The van der Waals surface area contributed by atoms with Crippen molar-refractivity contribution in [3.05, 3.63) is 57.0 Å². The van der Waals surface area contributed by atoms with E-state index in [1.807, 2.05) is 12.1 Å². The molecule has 2 aromatic rings. The monoisotopic (exact) mass is 440 g/mol. The fourth-order valence-corrected chi connectivity index (χ4v) is 3.01. The van der Waals surface area contributed by atoms with Crippen molar-refractivity contribution in [3.8, 4) is 5.75 Å². The Morgan fingerprint density at radius 3 is 2.57 bits per heavy atom. The molecule has 0 heterocycles. The summed E-state index contributed by atoms with van der Waals surface area (Å²) >= 11 is 6.71. The van der Waals surface area contributed by atoms with E-state index in [0.29, 0.717) is 17.0 Å². The Bertz CT molecular complexity index is 735. The molecule has 0 bridgehead atoms. The topological polar surface area (TPSA) is 67.4 Å². The molecule has 0 atom stereocenters. The number of nitrogens with one attached hydrogen (secondary N) is 2. The Morgan fingerprint density at radius 2 is 1.87 bits per heavy atom. The standard InChI is InChI=1S/C16H14Br2N2O3/c1-19-16(22)11-4-2-3-5-13(11)20-15(21)9-23-14-7-6-10(17)8-12(14)18/h2-8H,9H2,1H3,(H,19,22)(H,20,21). The number of benzene rings is 2. The summed E-state index contributed by atoms with van der Waals surface area (Å²) in [5.41, 5.74) is 0.837. The van der Waals surface area contributed by atoms with Gasteiger partial charge in [-0.15, -0.1) is 0 Å². The summed E-state index contributed by atoms with van der Waals surface area (Å²) in [6.45, 7) is -0.164. The molecule has 2 rings (SSSR count). The average molecular weight is 442 g/mol. The lowest BCUT2D eigenvalue weighted by atomic mass is 10.1. The van der Waals surface area contributed by atoms with Gasteiger partial charge in [0.1, 0.15) is 5.75 Å². The third-order valence-electron chi connectivity index (χ3n) is 2.93. The highest BCUT2D eigenvalue weighted by Gasteiger charge is 2.12. The first-order valence-electron chi connectivity index (χ1n) is 6.70. The summed E-state index contributed by atoms with van der Waals surface area (Å²) in [5.74, 6) is -0.0587. The molecule has 2 N–H and O–H groups in total. The zero-order valence-electron chi connectivity index (χ0n) is 12.2. The summed E-state index contributed by atoms with van der Waals surface area (Å²) in [4.78, 5) is 23.8. The Balaban J connectivity index is 2.01. The van der Waals surface area contributed by atoms with Gasteiger partial charge in [0.15, 0.2) is 6.61 Å². The van der Waals surface area contributed by atoms with Crippen molar-refractivity contribution in [2.45, 2.75) is 0 Å². The van der Waals surface area contributed by atoms with E-state index in [4.69, 9.17) is 4.74 Å². The van der Waals surface area contributed by atoms with Crippen LogP contribution in [0.2, 0.25) is 0 Å². The second-order valence-corrected chi connectivity index (χ2v) is 6.31. The van der Waals surface area contributed by atoms with Gasteiger partial charge >= 0.3 is 0 Å². The lowest BCUT2D eigenvalue weighted by molar-refractivity contribution is -0.118. The Morgan fingerprint density at radius 1 is 1.13 bits per heavy atom. The minimum atomic E-state index is -0.351. The number of carbonyl (C=O) groups is 2. The van der Waals surface area contributed by atoms with Crippen LogP contribution in [0.15, 0.2) is 51.4 Å². The van der Waals surface area contributed by atoms with Gasteiger partial charge < -0.3 is 15.4 Å². The molecule has 2 amide bonds. The quantitative estimate of drug-likeness (QED) is 0.744. The van der Waals surface area contributed by atoms with Gasteiger partial charge in [-0.2, -0.15) is 0 Å². The number of hydrogen-bond acceptors (Lipinski definition) is 3. The highest BCUT2D eigenvalue weighted by atomic mass is 79.9. The van der Waals surface area contributed by atoms with Gasteiger partial charge in [-0.25, -0.2) is 0 Å². The van der Waals surface area contributed by atoms with Gasteiger partial charge in [-0.1, -0.05) is 28.1 Å². The molecule has 0 aliphatic carbocycles. The van der Waals surface area contributed by atoms with Crippen LogP contribution < -0.4 is 15.4 Å². The van der Waals surface area contributed by atoms with Crippen molar-refractivity contribution in [3.63, 3.8) is 0 Å². The first-order valence-corrected chi connectivity index (χ1v) is 8.28. The summed E-state index contributed by atoms with van der Waals surface area (Å²) in [5, 5.41) is 5.21. The molecule has 0 saturated carbocycles. The van der Waals surface area contributed by atoms with Crippen LogP contribution in [0.4, 0.5) is 5.69 Å². The summed E-state index contributed by atoms with van der Waals surface area (Å²) < 4.78 is 7.12. The smallest absolute Gasteiger partial charge is 0.262 e. The molecule has 0 radical (unpaired) electrons. The van der Waals surface area contributed by atoms with E-state index in [1.54, 1.807) is 30.3 Å². The second kappa shape index (κ2) is 8.12. The molecule has 0 saturated heterocycles. The number of anilines is 1. The van der Waals surface area contributed by atoms with E-state index in [1.165, 1.54) is 7.05 Å². The van der Waals surface area contributed by atoms with E-state index in [2.05, 4.69) is 42.5 Å². The van der Waals surface area contributed by atoms with Gasteiger partial charge in [0.05, 0.1) is 15.7 Å². The Labute approximate surface area is 150 Å². The predicted molar refractivity (Wildman–Crippen MR) is 95.8 cm³/mol. The first-order chi connectivity index (χ1) is 11.0. The number of ether oxygens (including phenoxy) is 1. The van der Waals surface area contributed by atoms with Gasteiger partial charge in [-0.3, -0.25) is 9.59 Å². The SMILES string of the molecule is CNC(=O)c1ccccc1NC(=O)COc1ccc(Br)cc1Br. The molecular weight excluding hydrogens is 428 g/mol. The van der Waals surface area contributed by atoms with Gasteiger partial charge in [-0.05, 0) is 46.3 Å². The van der Waals surface area contributed by atoms with Crippen LogP contribution in [0.1, 0.15) is 10.4 Å². The van der Waals surface area contributed by atoms with Crippen molar-refractivity contribution in [2.75, 3.05) is 19.0 Å². The average Bonchev–Trinajstić information content (AvgIpc) is 2.54. The van der Waals surface area contributed by atoms with E-state index in [0.717, 1.165) is 8.95 Å². The van der Waals surface area contributed by atoms with Gasteiger partial charge in [0.25, 0.3) is 11.8 Å². The van der Waals surface area contributed by atoms with E-state index < -0.39 is 0 Å². The van der Waals surface area contributed by atoms with E-state index in [9.17, 15) is 9.59 Å². The molecule has 5 nitrogen and oxygen atoms in total. The lowest BCUT2D eigenvalue weighted by Gasteiger charge is -2.11. The maximum atomic E-state index is 12.0. The zero-order chi connectivity index (χ0) is 16.8. The van der Waals surface area contributed by atoms with Crippen molar-refractivity contribution >= 4 is 49.4 Å². The third kappa shape index (κ3) is 4.80. The first kappa shape index (κ1) is 17.5. The highest BCUT2D eigenvalue weighted by molar-refractivity contribution is 9.11. The molecule has 2 aromatic carbocycles. The molecule has 0 spiro atoms. The van der Waals surface area contributed by atoms with Crippen LogP contribution in [0, 0.1) is 0 Å². The number of halogens is 2. The molecule has 0 aromatic heterocycles. The maximum absolute atomic E-state index is 12.0. The van der Waals surface area contributed by atoms with Crippen LogP contribution in [-0.2, 0) is 4.79 Å². The van der Waals surface area contributed by atoms with Crippen molar-refractivity contribution in [2.24, 2.45) is 0 Å². The number of amides is 2. The van der Waals surface area contributed by atoms with Crippen LogP contribution >= 0.6 is 31.9 Å². The summed E-state index contributed by atoms with van der Waals surface area (Å²) in [6, 6.07) is 12.2. The molecular formula is C16H14Br2N2O3. The van der Waals surface area contributed by atoms with E-state index in [-0.39, 0.29) is 18.4 Å². The van der Waals surface area contributed by atoms with Crippen molar-refractivity contribution in [1.82, 2.24) is 5.32 Å². The lowest BCUT2D eigenvalue weighted by Crippen LogP contribution is -2.24. The maximum Gasteiger partial charge on any atom is 0.262 e. The summed E-state index contributed by atoms with van der Waals surface area (Å²) in [7, 11) is 1.54. The minimum Gasteiger partial charge on any atom is -0.483 e. The Kier molecular flexibility index (Phi) is 6.18. The number of hydrogen-bond donors (Lipinski definition) is 2. The second-order valence-electron chi connectivity index (χ2n) is 4.54. The van der Waals surface area contributed by atoms with Crippen molar-refractivity contribution < 1.29 is 14.3 Å². The Hall–Kier alpha value is -1.86. The minimum absolute atomic E-state index is 0.164. The summed E-state index contributed by atoms with van der Waals surface area (Å²) in [6.07, 6.45) is 0. The van der Waals surface area contributed by atoms with E-state index >= 15 is 0 Å². The third-order valence-corrected chi connectivity index (χ3v) is 4.04. The molecule has 0 fully saturated rings. The largest absolute Gasteiger partial charge is 0.483 e. The normalized spacial score (nSPS) is 10.0. The number of rotatable bonds is 5. The van der Waals surface area contributed by atoms with Gasteiger partial charge in [0, 0.05) is 11.5 Å². The van der Waals surface area contributed by atoms with Gasteiger partial charge in [0.2, 0.25) is 0 Å². The van der Waals surface area contributed by atoms with Crippen LogP contribution in [0.5, 0.6) is 5.75 Å². The molecule has 7 heteroatoms. The fraction of sp³-hybridized carbons (Fsp3) is 0.125.